The molecule has 3 heteroatoms. The molecule has 1 fully saturated rings. The summed E-state index contributed by atoms with van der Waals surface area (Å²) in [5, 5.41) is 3.41. The number of nitrogens with two attached hydrogens (primary N) is 1. The first-order chi connectivity index (χ1) is 6.11. The Balaban J connectivity index is 2.33. The smallest absolute Gasteiger partial charge is 0.0232 e. The van der Waals surface area contributed by atoms with Crippen molar-refractivity contribution in [1.29, 1.82) is 0 Å². The van der Waals surface area contributed by atoms with Crippen molar-refractivity contribution in [2.24, 2.45) is 11.7 Å². The predicted octanol–water partition coefficient (Wildman–Crippen LogP) is 0.263. The van der Waals surface area contributed by atoms with Crippen LogP contribution in [0.5, 0.6) is 0 Å². The standard InChI is InChI=1S/C10H23N3/c1-8(2)10(11)6-9-7-12-4-5-13(9)3/h8-10,12H,4-7,11H2,1-3H3. The van der Waals surface area contributed by atoms with Crippen LogP contribution in [0.25, 0.3) is 0 Å². The van der Waals surface area contributed by atoms with Crippen molar-refractivity contribution in [3.8, 4) is 0 Å². The van der Waals surface area contributed by atoms with Crippen LogP contribution < -0.4 is 11.1 Å². The molecular formula is C10H23N3. The van der Waals surface area contributed by atoms with Gasteiger partial charge in [0, 0.05) is 31.7 Å². The Morgan fingerprint density at radius 1 is 1.54 bits per heavy atom. The first kappa shape index (κ1) is 11.0. The van der Waals surface area contributed by atoms with Gasteiger partial charge in [-0.3, -0.25) is 0 Å². The number of nitrogens with zero attached hydrogens (tertiary/aromatic N) is 1. The van der Waals surface area contributed by atoms with Crippen LogP contribution in [0.1, 0.15) is 20.3 Å². The van der Waals surface area contributed by atoms with Gasteiger partial charge in [-0.15, -0.1) is 0 Å². The van der Waals surface area contributed by atoms with E-state index in [0.717, 1.165) is 26.1 Å². The molecule has 1 aliphatic heterocycles. The van der Waals surface area contributed by atoms with Crippen LogP contribution in [0.15, 0.2) is 0 Å². The number of hydrogen-bond acceptors (Lipinski definition) is 3. The zero-order chi connectivity index (χ0) is 9.84. The molecule has 0 aromatic heterocycles. The van der Waals surface area contributed by atoms with Gasteiger partial charge in [-0.25, -0.2) is 0 Å². The molecule has 2 unspecified atom stereocenters. The summed E-state index contributed by atoms with van der Waals surface area (Å²) in [7, 11) is 2.19. The van der Waals surface area contributed by atoms with Crippen LogP contribution in [0.3, 0.4) is 0 Å². The van der Waals surface area contributed by atoms with E-state index in [1.807, 2.05) is 0 Å². The number of nitrogens with one attached hydrogen (secondary N) is 1. The average molecular weight is 185 g/mol. The van der Waals surface area contributed by atoms with E-state index in [-0.39, 0.29) is 0 Å². The molecule has 0 aliphatic carbocycles. The molecular weight excluding hydrogens is 162 g/mol. The molecule has 1 saturated heterocycles. The molecule has 1 aliphatic rings. The highest BCUT2D eigenvalue weighted by molar-refractivity contribution is 4.82. The molecule has 78 valence electrons. The maximum Gasteiger partial charge on any atom is 0.0232 e. The van der Waals surface area contributed by atoms with Gasteiger partial charge >= 0.3 is 0 Å². The van der Waals surface area contributed by atoms with Crippen molar-refractivity contribution in [2.75, 3.05) is 26.7 Å². The lowest BCUT2D eigenvalue weighted by molar-refractivity contribution is 0.175. The average Bonchev–Trinajstić information content (AvgIpc) is 2.08. The highest BCUT2D eigenvalue weighted by atomic mass is 15.2. The highest BCUT2D eigenvalue weighted by Crippen LogP contribution is 2.11. The lowest BCUT2D eigenvalue weighted by atomic mass is 9.96. The minimum Gasteiger partial charge on any atom is -0.327 e. The Bertz CT molecular complexity index is 147. The van der Waals surface area contributed by atoms with Crippen LogP contribution in [0.4, 0.5) is 0 Å². The maximum absolute atomic E-state index is 6.06. The SMILES string of the molecule is CC(C)C(N)CC1CNCCN1C. The van der Waals surface area contributed by atoms with Gasteiger partial charge in [-0.2, -0.15) is 0 Å². The molecule has 0 bridgehead atoms. The molecule has 0 amide bonds. The lowest BCUT2D eigenvalue weighted by Crippen LogP contribution is -2.51. The van der Waals surface area contributed by atoms with Crippen molar-refractivity contribution in [3.63, 3.8) is 0 Å². The molecule has 0 radical (unpaired) electrons. The molecule has 0 saturated carbocycles. The fourth-order valence-corrected chi connectivity index (χ4v) is 1.71. The van der Waals surface area contributed by atoms with E-state index in [1.54, 1.807) is 0 Å². The third-order valence-corrected chi connectivity index (χ3v) is 3.05. The van der Waals surface area contributed by atoms with E-state index in [4.69, 9.17) is 5.73 Å². The second-order valence-electron chi connectivity index (χ2n) is 4.48. The summed E-state index contributed by atoms with van der Waals surface area (Å²) >= 11 is 0. The van der Waals surface area contributed by atoms with Gasteiger partial charge in [0.1, 0.15) is 0 Å². The number of piperazine rings is 1. The molecule has 0 spiro atoms. The van der Waals surface area contributed by atoms with E-state index in [2.05, 4.69) is 31.1 Å². The third-order valence-electron chi connectivity index (χ3n) is 3.05. The van der Waals surface area contributed by atoms with Crippen LogP contribution in [-0.2, 0) is 0 Å². The molecule has 3 nitrogen and oxygen atoms in total. The summed E-state index contributed by atoms with van der Waals surface area (Å²) in [4.78, 5) is 2.42. The van der Waals surface area contributed by atoms with Crippen molar-refractivity contribution < 1.29 is 0 Å². The fourth-order valence-electron chi connectivity index (χ4n) is 1.71. The van der Waals surface area contributed by atoms with E-state index >= 15 is 0 Å². The van der Waals surface area contributed by atoms with Crippen molar-refractivity contribution >= 4 is 0 Å². The Morgan fingerprint density at radius 3 is 2.77 bits per heavy atom. The molecule has 3 N–H and O–H groups in total. The molecule has 1 heterocycles. The van der Waals surface area contributed by atoms with Crippen molar-refractivity contribution in [3.05, 3.63) is 0 Å². The minimum atomic E-state index is 0.340. The minimum absolute atomic E-state index is 0.340. The summed E-state index contributed by atoms with van der Waals surface area (Å²) in [6, 6.07) is 0.971. The van der Waals surface area contributed by atoms with Crippen LogP contribution in [-0.4, -0.2) is 43.7 Å². The summed E-state index contributed by atoms with van der Waals surface area (Å²) in [6.07, 6.45) is 1.11. The highest BCUT2D eigenvalue weighted by Gasteiger charge is 2.21. The van der Waals surface area contributed by atoms with Crippen LogP contribution in [0, 0.1) is 5.92 Å². The fraction of sp³-hybridized carbons (Fsp3) is 1.00. The molecule has 1 rings (SSSR count). The normalized spacial score (nSPS) is 27.9. The summed E-state index contributed by atoms with van der Waals surface area (Å²) in [5.41, 5.74) is 6.06. The van der Waals surface area contributed by atoms with E-state index in [0.29, 0.717) is 18.0 Å². The summed E-state index contributed by atoms with van der Waals surface area (Å²) in [6.45, 7) is 7.75. The lowest BCUT2D eigenvalue weighted by Gasteiger charge is -2.35. The van der Waals surface area contributed by atoms with Gasteiger partial charge in [0.05, 0.1) is 0 Å². The van der Waals surface area contributed by atoms with Crippen LogP contribution in [0.2, 0.25) is 0 Å². The Hall–Kier alpha value is -0.120. The van der Waals surface area contributed by atoms with Gasteiger partial charge in [0.15, 0.2) is 0 Å². The van der Waals surface area contributed by atoms with E-state index in [1.165, 1.54) is 0 Å². The zero-order valence-corrected chi connectivity index (χ0v) is 9.09. The Labute approximate surface area is 81.7 Å². The van der Waals surface area contributed by atoms with Crippen molar-refractivity contribution in [1.82, 2.24) is 10.2 Å². The largest absolute Gasteiger partial charge is 0.327 e. The topological polar surface area (TPSA) is 41.3 Å². The van der Waals surface area contributed by atoms with Gasteiger partial charge < -0.3 is 16.0 Å². The quantitative estimate of drug-likeness (QED) is 0.663. The van der Waals surface area contributed by atoms with Gasteiger partial charge in [0.25, 0.3) is 0 Å². The van der Waals surface area contributed by atoms with E-state index < -0.39 is 0 Å². The van der Waals surface area contributed by atoms with Gasteiger partial charge in [-0.05, 0) is 19.4 Å². The van der Waals surface area contributed by atoms with Crippen molar-refractivity contribution in [2.45, 2.75) is 32.4 Å². The van der Waals surface area contributed by atoms with Crippen LogP contribution >= 0.6 is 0 Å². The molecule has 13 heavy (non-hydrogen) atoms. The number of rotatable bonds is 3. The predicted molar refractivity (Wildman–Crippen MR) is 56.7 cm³/mol. The number of hydrogen-bond donors (Lipinski definition) is 2. The zero-order valence-electron chi connectivity index (χ0n) is 9.09. The molecule has 0 aromatic rings. The molecule has 2 atom stereocenters. The maximum atomic E-state index is 6.06. The summed E-state index contributed by atoms with van der Waals surface area (Å²) in [5.74, 6) is 0.593. The third kappa shape index (κ3) is 3.25. The molecule has 0 aromatic carbocycles. The van der Waals surface area contributed by atoms with Gasteiger partial charge in [0.2, 0.25) is 0 Å². The monoisotopic (exact) mass is 185 g/mol. The second-order valence-corrected chi connectivity index (χ2v) is 4.48. The number of likely N-dealkylation sites (N-methyl/N-ethyl adjacent to an activating group) is 1. The van der Waals surface area contributed by atoms with E-state index in [9.17, 15) is 0 Å². The van der Waals surface area contributed by atoms with Gasteiger partial charge in [-0.1, -0.05) is 13.8 Å². The Morgan fingerprint density at radius 2 is 2.23 bits per heavy atom. The Kier molecular flexibility index (Phi) is 4.16. The summed E-state index contributed by atoms with van der Waals surface area (Å²) < 4.78 is 0. The first-order valence-corrected chi connectivity index (χ1v) is 5.27. The first-order valence-electron chi connectivity index (χ1n) is 5.27. The second kappa shape index (κ2) is 4.94.